The first-order chi connectivity index (χ1) is 17.2. The number of nitrogens with two attached hydrogens (primary N) is 1. The monoisotopic (exact) mass is 506 g/mol. The van der Waals surface area contributed by atoms with Crippen LogP contribution in [0.1, 0.15) is 18.4 Å². The summed E-state index contributed by atoms with van der Waals surface area (Å²) >= 11 is 0. The van der Waals surface area contributed by atoms with Crippen LogP contribution in [0.2, 0.25) is 0 Å². The van der Waals surface area contributed by atoms with Gasteiger partial charge in [-0.05, 0) is 18.4 Å². The molecule has 2 saturated heterocycles. The summed E-state index contributed by atoms with van der Waals surface area (Å²) in [7, 11) is 0. The highest BCUT2D eigenvalue weighted by atomic mass is 19.4. The zero-order valence-electron chi connectivity index (χ0n) is 19.7. The lowest BCUT2D eigenvalue weighted by molar-refractivity contribution is -0.215. The fourth-order valence-corrected chi connectivity index (χ4v) is 4.80. The SMILES string of the molecule is NCC1(c2ccccc2)CCN(C(=O)C(OC(=O)C(F)(F)F)N2CCN(c3cnccn3)CC2)CC1. The molecule has 36 heavy (non-hydrogen) atoms. The average Bonchev–Trinajstić information content (AvgIpc) is 2.92. The Morgan fingerprint density at radius 3 is 2.25 bits per heavy atom. The van der Waals surface area contributed by atoms with Crippen LogP contribution in [0.15, 0.2) is 48.9 Å². The quantitative estimate of drug-likeness (QED) is 0.589. The molecule has 1 aromatic heterocycles. The number of piperidine rings is 1. The lowest BCUT2D eigenvalue weighted by Gasteiger charge is -2.44. The molecule has 2 N–H and O–H groups in total. The van der Waals surface area contributed by atoms with Gasteiger partial charge in [0.2, 0.25) is 6.23 Å². The Balaban J connectivity index is 1.46. The summed E-state index contributed by atoms with van der Waals surface area (Å²) < 4.78 is 43.9. The molecule has 2 fully saturated rings. The van der Waals surface area contributed by atoms with Crippen LogP contribution in [0.3, 0.4) is 0 Å². The Hall–Kier alpha value is -3.25. The maximum atomic E-state index is 13.4. The topological polar surface area (TPSA) is 105 Å². The second-order valence-corrected chi connectivity index (χ2v) is 9.02. The van der Waals surface area contributed by atoms with Crippen LogP contribution in [0.5, 0.6) is 0 Å². The molecule has 4 rings (SSSR count). The summed E-state index contributed by atoms with van der Waals surface area (Å²) in [6.07, 6.45) is -1.08. The van der Waals surface area contributed by atoms with E-state index in [2.05, 4.69) is 9.97 Å². The molecule has 1 aromatic carbocycles. The molecule has 1 atom stereocenters. The fourth-order valence-electron chi connectivity index (χ4n) is 4.80. The summed E-state index contributed by atoms with van der Waals surface area (Å²) in [5.74, 6) is -2.41. The number of nitrogens with zero attached hydrogens (tertiary/aromatic N) is 5. The summed E-state index contributed by atoms with van der Waals surface area (Å²) in [6, 6.07) is 9.76. The number of hydrogen-bond donors (Lipinski definition) is 1. The van der Waals surface area contributed by atoms with Gasteiger partial charge in [0.15, 0.2) is 0 Å². The van der Waals surface area contributed by atoms with E-state index in [1.807, 2.05) is 35.2 Å². The number of alkyl halides is 3. The van der Waals surface area contributed by atoms with E-state index >= 15 is 0 Å². The lowest BCUT2D eigenvalue weighted by atomic mass is 9.73. The largest absolute Gasteiger partial charge is 0.490 e. The molecule has 0 aliphatic carbocycles. The minimum absolute atomic E-state index is 0.211. The second kappa shape index (κ2) is 10.8. The molecule has 0 spiro atoms. The van der Waals surface area contributed by atoms with Gasteiger partial charge < -0.3 is 20.3 Å². The average molecular weight is 507 g/mol. The van der Waals surface area contributed by atoms with E-state index in [4.69, 9.17) is 10.5 Å². The first kappa shape index (κ1) is 25.8. The molecular formula is C24H29F3N6O3. The normalized spacial score (nSPS) is 19.6. The van der Waals surface area contributed by atoms with Gasteiger partial charge in [0.25, 0.3) is 5.91 Å². The van der Waals surface area contributed by atoms with Crippen molar-refractivity contribution in [1.29, 1.82) is 0 Å². The maximum Gasteiger partial charge on any atom is 0.490 e. The molecule has 0 bridgehead atoms. The molecule has 9 nitrogen and oxygen atoms in total. The first-order valence-corrected chi connectivity index (χ1v) is 11.8. The van der Waals surface area contributed by atoms with Crippen molar-refractivity contribution >= 4 is 17.7 Å². The number of aromatic nitrogens is 2. The highest BCUT2D eigenvalue weighted by Crippen LogP contribution is 2.35. The van der Waals surface area contributed by atoms with Crippen molar-refractivity contribution in [3.05, 3.63) is 54.5 Å². The zero-order chi connectivity index (χ0) is 25.8. The highest BCUT2D eigenvalue weighted by Gasteiger charge is 2.46. The number of carbonyl (C=O) groups excluding carboxylic acids is 2. The number of hydrogen-bond acceptors (Lipinski definition) is 8. The van der Waals surface area contributed by atoms with E-state index in [0.717, 1.165) is 5.56 Å². The molecular weight excluding hydrogens is 477 g/mol. The number of benzene rings is 1. The molecule has 194 valence electrons. The van der Waals surface area contributed by atoms with E-state index in [0.29, 0.717) is 51.4 Å². The van der Waals surface area contributed by atoms with Crippen LogP contribution in [0.4, 0.5) is 19.0 Å². The van der Waals surface area contributed by atoms with Crippen LogP contribution in [-0.2, 0) is 19.7 Å². The number of esters is 1. The molecule has 2 aliphatic rings. The Morgan fingerprint density at radius 2 is 1.69 bits per heavy atom. The predicted molar refractivity (Wildman–Crippen MR) is 125 cm³/mol. The third-order valence-corrected chi connectivity index (χ3v) is 6.99. The molecule has 0 radical (unpaired) electrons. The summed E-state index contributed by atoms with van der Waals surface area (Å²) in [5.41, 5.74) is 6.87. The standard InChI is InChI=1S/C24H29F3N6O3/c25-24(26,27)22(35)36-21(33-14-12-31(13-15-33)19-16-29-8-9-30-19)20(34)32-10-6-23(17-28,7-11-32)18-4-2-1-3-5-18/h1-5,8-9,16,21H,6-7,10-15,17,28H2. The number of anilines is 1. The van der Waals surface area contributed by atoms with E-state index in [1.165, 1.54) is 9.80 Å². The van der Waals surface area contributed by atoms with Gasteiger partial charge in [0, 0.05) is 63.6 Å². The molecule has 3 heterocycles. The van der Waals surface area contributed by atoms with Gasteiger partial charge in [-0.25, -0.2) is 9.78 Å². The minimum Gasteiger partial charge on any atom is -0.430 e. The van der Waals surface area contributed by atoms with Gasteiger partial charge in [0.1, 0.15) is 5.82 Å². The maximum absolute atomic E-state index is 13.4. The van der Waals surface area contributed by atoms with Crippen molar-refractivity contribution in [2.45, 2.75) is 30.7 Å². The van der Waals surface area contributed by atoms with Gasteiger partial charge in [-0.2, -0.15) is 13.2 Å². The van der Waals surface area contributed by atoms with Crippen LogP contribution in [-0.4, -0.2) is 89.9 Å². The van der Waals surface area contributed by atoms with Gasteiger partial charge in [-0.1, -0.05) is 30.3 Å². The number of piperazine rings is 1. The molecule has 1 unspecified atom stereocenters. The summed E-state index contributed by atoms with van der Waals surface area (Å²) in [4.78, 5) is 38.3. The summed E-state index contributed by atoms with van der Waals surface area (Å²) in [6.45, 7) is 2.17. The second-order valence-electron chi connectivity index (χ2n) is 9.02. The Morgan fingerprint density at radius 1 is 1.03 bits per heavy atom. The van der Waals surface area contributed by atoms with Gasteiger partial charge in [-0.15, -0.1) is 0 Å². The fraction of sp³-hybridized carbons (Fsp3) is 0.500. The highest BCUT2D eigenvalue weighted by molar-refractivity contribution is 5.85. The number of likely N-dealkylation sites (tertiary alicyclic amines) is 1. The number of halogens is 3. The molecule has 1 amide bonds. The first-order valence-electron chi connectivity index (χ1n) is 11.8. The third-order valence-electron chi connectivity index (χ3n) is 6.99. The van der Waals surface area contributed by atoms with Crippen LogP contribution >= 0.6 is 0 Å². The smallest absolute Gasteiger partial charge is 0.430 e. The van der Waals surface area contributed by atoms with Crippen molar-refractivity contribution in [1.82, 2.24) is 19.8 Å². The number of rotatable bonds is 6. The van der Waals surface area contributed by atoms with Crippen molar-refractivity contribution in [2.24, 2.45) is 5.73 Å². The Labute approximate surface area is 207 Å². The van der Waals surface area contributed by atoms with Crippen molar-refractivity contribution in [2.75, 3.05) is 50.7 Å². The van der Waals surface area contributed by atoms with E-state index in [1.54, 1.807) is 18.6 Å². The number of ether oxygens (including phenoxy) is 1. The van der Waals surface area contributed by atoms with Gasteiger partial charge in [0.05, 0.1) is 6.20 Å². The van der Waals surface area contributed by atoms with Crippen molar-refractivity contribution < 1.29 is 27.5 Å². The Bertz CT molecular complexity index is 1020. The molecule has 2 aromatic rings. The van der Waals surface area contributed by atoms with Crippen molar-refractivity contribution in [3.63, 3.8) is 0 Å². The molecule has 12 heteroatoms. The van der Waals surface area contributed by atoms with Crippen LogP contribution in [0.25, 0.3) is 0 Å². The third kappa shape index (κ3) is 5.59. The lowest BCUT2D eigenvalue weighted by Crippen LogP contribution is -2.59. The predicted octanol–water partition coefficient (Wildman–Crippen LogP) is 1.55. The van der Waals surface area contributed by atoms with Gasteiger partial charge >= 0.3 is 12.1 Å². The Kier molecular flexibility index (Phi) is 7.74. The van der Waals surface area contributed by atoms with E-state index in [9.17, 15) is 22.8 Å². The van der Waals surface area contributed by atoms with Crippen LogP contribution in [0, 0.1) is 0 Å². The number of amides is 1. The molecule has 0 saturated carbocycles. The summed E-state index contributed by atoms with van der Waals surface area (Å²) in [5, 5.41) is 0. The zero-order valence-corrected chi connectivity index (χ0v) is 19.7. The van der Waals surface area contributed by atoms with Crippen molar-refractivity contribution in [3.8, 4) is 0 Å². The number of carbonyl (C=O) groups is 2. The van der Waals surface area contributed by atoms with E-state index < -0.39 is 24.3 Å². The molecule has 2 aliphatic heterocycles. The van der Waals surface area contributed by atoms with Gasteiger partial charge in [-0.3, -0.25) is 14.7 Å². The minimum atomic E-state index is -5.20. The van der Waals surface area contributed by atoms with E-state index in [-0.39, 0.29) is 18.5 Å². The van der Waals surface area contributed by atoms with Crippen LogP contribution < -0.4 is 10.6 Å².